The molecule has 2 aromatic heterocycles. The van der Waals surface area contributed by atoms with Gasteiger partial charge in [0.25, 0.3) is 0 Å². The highest BCUT2D eigenvalue weighted by Crippen LogP contribution is 2.27. The Balaban J connectivity index is 1.85. The van der Waals surface area contributed by atoms with E-state index in [4.69, 9.17) is 17.2 Å². The summed E-state index contributed by atoms with van der Waals surface area (Å²) in [6.45, 7) is 7.09. The largest absolute Gasteiger partial charge is 0.346 e. The lowest BCUT2D eigenvalue weighted by Crippen LogP contribution is -2.44. The quantitative estimate of drug-likeness (QED) is 0.877. The SMILES string of the molecule is CCn1c(-c2csc(N3CCN(C)CC3)n2)n[nH]c1=S. The van der Waals surface area contributed by atoms with Gasteiger partial charge in [0.15, 0.2) is 15.7 Å². The van der Waals surface area contributed by atoms with Gasteiger partial charge in [0.2, 0.25) is 0 Å². The first-order valence-corrected chi connectivity index (χ1v) is 8.02. The Kier molecular flexibility index (Phi) is 3.86. The molecule has 0 bridgehead atoms. The van der Waals surface area contributed by atoms with Crippen LogP contribution in [0.3, 0.4) is 0 Å². The van der Waals surface area contributed by atoms with Crippen molar-refractivity contribution in [1.29, 1.82) is 0 Å². The summed E-state index contributed by atoms with van der Waals surface area (Å²) in [5.41, 5.74) is 0.901. The number of rotatable bonds is 3. The van der Waals surface area contributed by atoms with Crippen LogP contribution < -0.4 is 4.90 Å². The van der Waals surface area contributed by atoms with Crippen LogP contribution in [0, 0.1) is 4.77 Å². The lowest BCUT2D eigenvalue weighted by atomic mass is 10.3. The number of H-pyrrole nitrogens is 1. The highest BCUT2D eigenvalue weighted by molar-refractivity contribution is 7.71. The van der Waals surface area contributed by atoms with Crippen LogP contribution in [0.25, 0.3) is 11.5 Å². The maximum absolute atomic E-state index is 5.22. The Morgan fingerprint density at radius 1 is 1.35 bits per heavy atom. The molecule has 108 valence electrons. The maximum atomic E-state index is 5.22. The van der Waals surface area contributed by atoms with Gasteiger partial charge in [0, 0.05) is 38.1 Å². The van der Waals surface area contributed by atoms with E-state index >= 15 is 0 Å². The van der Waals surface area contributed by atoms with Crippen molar-refractivity contribution >= 4 is 28.7 Å². The van der Waals surface area contributed by atoms with Gasteiger partial charge >= 0.3 is 0 Å². The van der Waals surface area contributed by atoms with E-state index in [1.54, 1.807) is 11.3 Å². The number of aromatic amines is 1. The van der Waals surface area contributed by atoms with Crippen molar-refractivity contribution in [3.63, 3.8) is 0 Å². The predicted molar refractivity (Wildman–Crippen MR) is 83.9 cm³/mol. The average molecular weight is 310 g/mol. The van der Waals surface area contributed by atoms with Crippen molar-refractivity contribution in [3.05, 3.63) is 10.2 Å². The molecule has 0 spiro atoms. The molecular weight excluding hydrogens is 292 g/mol. The molecular formula is C12H18N6S2. The summed E-state index contributed by atoms with van der Waals surface area (Å²) in [6.07, 6.45) is 0. The minimum absolute atomic E-state index is 0.650. The normalized spacial score (nSPS) is 16.8. The topological polar surface area (TPSA) is 53.0 Å². The molecule has 0 radical (unpaired) electrons. The summed E-state index contributed by atoms with van der Waals surface area (Å²) >= 11 is 6.90. The van der Waals surface area contributed by atoms with Gasteiger partial charge in [-0.25, -0.2) is 4.98 Å². The van der Waals surface area contributed by atoms with Crippen LogP contribution in [0.15, 0.2) is 5.38 Å². The molecule has 1 fully saturated rings. The average Bonchev–Trinajstić information content (AvgIpc) is 3.06. The number of likely N-dealkylation sites (N-methyl/N-ethyl adjacent to an activating group) is 1. The van der Waals surface area contributed by atoms with E-state index in [1.807, 2.05) is 4.57 Å². The Morgan fingerprint density at radius 2 is 2.10 bits per heavy atom. The summed E-state index contributed by atoms with van der Waals surface area (Å²) in [6, 6.07) is 0. The minimum Gasteiger partial charge on any atom is -0.346 e. The summed E-state index contributed by atoms with van der Waals surface area (Å²) in [5, 5.41) is 10.3. The molecule has 0 atom stereocenters. The maximum Gasteiger partial charge on any atom is 0.195 e. The Labute approximate surface area is 127 Å². The highest BCUT2D eigenvalue weighted by atomic mass is 32.1. The molecule has 0 amide bonds. The van der Waals surface area contributed by atoms with Crippen molar-refractivity contribution < 1.29 is 0 Å². The van der Waals surface area contributed by atoms with Gasteiger partial charge in [0.05, 0.1) is 0 Å². The molecule has 1 aliphatic rings. The first-order valence-electron chi connectivity index (χ1n) is 6.73. The fraction of sp³-hybridized carbons (Fsp3) is 0.583. The lowest BCUT2D eigenvalue weighted by Gasteiger charge is -2.32. The van der Waals surface area contributed by atoms with Gasteiger partial charge in [-0.2, -0.15) is 5.10 Å². The number of anilines is 1. The van der Waals surface area contributed by atoms with Crippen LogP contribution >= 0.6 is 23.6 Å². The second-order valence-electron chi connectivity index (χ2n) is 4.90. The van der Waals surface area contributed by atoms with Crippen LogP contribution in [0.2, 0.25) is 0 Å². The van der Waals surface area contributed by atoms with Gasteiger partial charge in [-0.3, -0.25) is 9.67 Å². The van der Waals surface area contributed by atoms with E-state index in [9.17, 15) is 0 Å². The zero-order valence-corrected chi connectivity index (χ0v) is 13.3. The van der Waals surface area contributed by atoms with E-state index in [0.29, 0.717) is 4.77 Å². The first-order chi connectivity index (χ1) is 9.69. The number of aromatic nitrogens is 4. The smallest absolute Gasteiger partial charge is 0.195 e. The van der Waals surface area contributed by atoms with Crippen molar-refractivity contribution in [3.8, 4) is 11.5 Å². The molecule has 0 aliphatic carbocycles. The summed E-state index contributed by atoms with van der Waals surface area (Å²) in [7, 11) is 2.16. The van der Waals surface area contributed by atoms with Crippen LogP contribution in [-0.2, 0) is 6.54 Å². The molecule has 0 aromatic carbocycles. The number of hydrogen-bond acceptors (Lipinski definition) is 6. The number of hydrogen-bond donors (Lipinski definition) is 1. The second-order valence-corrected chi connectivity index (χ2v) is 6.13. The summed E-state index contributed by atoms with van der Waals surface area (Å²) in [4.78, 5) is 9.41. The molecule has 20 heavy (non-hydrogen) atoms. The minimum atomic E-state index is 0.650. The molecule has 3 rings (SSSR count). The molecule has 3 heterocycles. The van der Waals surface area contributed by atoms with Crippen molar-refractivity contribution in [2.75, 3.05) is 38.1 Å². The number of nitrogens with one attached hydrogen (secondary N) is 1. The fourth-order valence-electron chi connectivity index (χ4n) is 2.32. The zero-order chi connectivity index (χ0) is 14.1. The highest BCUT2D eigenvalue weighted by Gasteiger charge is 2.19. The summed E-state index contributed by atoms with van der Waals surface area (Å²) in [5.74, 6) is 0.828. The van der Waals surface area contributed by atoms with Gasteiger partial charge in [0.1, 0.15) is 5.69 Å². The third kappa shape index (κ3) is 2.50. The van der Waals surface area contributed by atoms with E-state index in [0.717, 1.165) is 49.4 Å². The van der Waals surface area contributed by atoms with E-state index in [-0.39, 0.29) is 0 Å². The fourth-order valence-corrected chi connectivity index (χ4v) is 3.44. The van der Waals surface area contributed by atoms with Gasteiger partial charge in [-0.15, -0.1) is 11.3 Å². The molecule has 8 heteroatoms. The molecule has 1 aliphatic heterocycles. The van der Waals surface area contributed by atoms with Crippen molar-refractivity contribution in [2.45, 2.75) is 13.5 Å². The molecule has 2 aromatic rings. The third-order valence-corrected chi connectivity index (χ3v) is 4.78. The van der Waals surface area contributed by atoms with Crippen molar-refractivity contribution in [2.24, 2.45) is 0 Å². The second kappa shape index (κ2) is 5.63. The molecule has 6 nitrogen and oxygen atoms in total. The number of piperazine rings is 1. The number of nitrogens with zero attached hydrogens (tertiary/aromatic N) is 5. The Hall–Kier alpha value is -1.25. The Morgan fingerprint density at radius 3 is 2.80 bits per heavy atom. The standard InChI is InChI=1S/C12H18N6S2/c1-3-18-10(14-15-11(18)19)9-8-20-12(13-9)17-6-4-16(2)5-7-17/h8H,3-7H2,1-2H3,(H,15,19). The monoisotopic (exact) mass is 310 g/mol. The van der Waals surface area contributed by atoms with Crippen molar-refractivity contribution in [1.82, 2.24) is 24.6 Å². The van der Waals surface area contributed by atoms with Crippen LogP contribution in [0.4, 0.5) is 5.13 Å². The first kappa shape index (κ1) is 13.7. The van der Waals surface area contributed by atoms with Crippen LogP contribution in [0.1, 0.15) is 6.92 Å². The van der Waals surface area contributed by atoms with Gasteiger partial charge < -0.3 is 9.80 Å². The third-order valence-electron chi connectivity index (χ3n) is 3.57. The lowest BCUT2D eigenvalue weighted by molar-refractivity contribution is 0.313. The van der Waals surface area contributed by atoms with E-state index in [2.05, 4.69) is 39.3 Å². The number of thiazole rings is 1. The molecule has 0 unspecified atom stereocenters. The van der Waals surface area contributed by atoms with E-state index < -0.39 is 0 Å². The molecule has 1 saturated heterocycles. The predicted octanol–water partition coefficient (Wildman–Crippen LogP) is 1.84. The van der Waals surface area contributed by atoms with Gasteiger partial charge in [-0.1, -0.05) is 0 Å². The van der Waals surface area contributed by atoms with Crippen LogP contribution in [-0.4, -0.2) is 57.9 Å². The van der Waals surface area contributed by atoms with Crippen LogP contribution in [0.5, 0.6) is 0 Å². The van der Waals surface area contributed by atoms with Gasteiger partial charge in [-0.05, 0) is 26.2 Å². The molecule has 0 saturated carbocycles. The molecule has 1 N–H and O–H groups in total. The Bertz CT molecular complexity index is 634. The summed E-state index contributed by atoms with van der Waals surface area (Å²) < 4.78 is 2.62. The zero-order valence-electron chi connectivity index (χ0n) is 11.7. The van der Waals surface area contributed by atoms with E-state index in [1.165, 1.54) is 0 Å².